The fourth-order valence-electron chi connectivity index (χ4n) is 10.0. The first-order valence-corrected chi connectivity index (χ1v) is 20.3. The summed E-state index contributed by atoms with van der Waals surface area (Å²) in [6, 6.07) is 33.9. The van der Waals surface area contributed by atoms with Crippen LogP contribution in [-0.2, 0) is 0 Å². The molecule has 216 valence electrons. The van der Waals surface area contributed by atoms with E-state index in [0.29, 0.717) is 23.0 Å². The average Bonchev–Trinajstić information content (AvgIpc) is 3.68. The van der Waals surface area contributed by atoms with Crippen LogP contribution >= 0.6 is 11.8 Å². The molecular formula is C40H46SSi. The van der Waals surface area contributed by atoms with Gasteiger partial charge in [-0.3, -0.25) is 0 Å². The minimum absolute atomic E-state index is 0.649. The molecule has 0 spiro atoms. The van der Waals surface area contributed by atoms with E-state index in [9.17, 15) is 0 Å². The quantitative estimate of drug-likeness (QED) is 0.259. The molecule has 4 aliphatic rings. The fourth-order valence-corrected chi connectivity index (χ4v) is 19.1. The molecule has 8 atom stereocenters. The molecule has 42 heavy (non-hydrogen) atoms. The summed E-state index contributed by atoms with van der Waals surface area (Å²) in [4.78, 5) is 1.55. The molecule has 3 aromatic carbocycles. The average molecular weight is 587 g/mol. The van der Waals surface area contributed by atoms with Crippen molar-refractivity contribution in [2.24, 2.45) is 35.5 Å². The predicted octanol–water partition coefficient (Wildman–Crippen LogP) is 11.3. The van der Waals surface area contributed by atoms with Crippen molar-refractivity contribution in [1.82, 2.24) is 0 Å². The lowest BCUT2D eigenvalue weighted by Crippen LogP contribution is -2.47. The van der Waals surface area contributed by atoms with Crippen LogP contribution in [0.2, 0.25) is 24.2 Å². The Balaban J connectivity index is 1.26. The van der Waals surface area contributed by atoms with Crippen molar-refractivity contribution < 1.29 is 0 Å². The van der Waals surface area contributed by atoms with Crippen molar-refractivity contribution >= 4 is 35.9 Å². The van der Waals surface area contributed by atoms with Crippen molar-refractivity contribution in [3.8, 4) is 0 Å². The molecule has 7 rings (SSSR count). The van der Waals surface area contributed by atoms with Crippen LogP contribution in [0.5, 0.6) is 0 Å². The minimum atomic E-state index is -1.74. The van der Waals surface area contributed by atoms with Gasteiger partial charge < -0.3 is 0 Å². The van der Waals surface area contributed by atoms with Gasteiger partial charge >= 0.3 is 0 Å². The first-order valence-electron chi connectivity index (χ1n) is 16.3. The fraction of sp³-hybridized carbons (Fsp3) is 0.400. The maximum atomic E-state index is 2.82. The molecule has 0 saturated heterocycles. The molecule has 2 saturated carbocycles. The van der Waals surface area contributed by atoms with Gasteiger partial charge in [0.15, 0.2) is 0 Å². The number of thioether (sulfide) groups is 1. The Hall–Kier alpha value is -2.55. The van der Waals surface area contributed by atoms with E-state index in [4.69, 9.17) is 0 Å². The molecule has 0 radical (unpaired) electrons. The molecule has 8 unspecified atom stereocenters. The van der Waals surface area contributed by atoms with Crippen molar-refractivity contribution in [3.63, 3.8) is 0 Å². The Kier molecular flexibility index (Phi) is 7.51. The van der Waals surface area contributed by atoms with Gasteiger partial charge in [-0.25, -0.2) is 0 Å². The summed E-state index contributed by atoms with van der Waals surface area (Å²) in [5, 5.41) is 0.690. The molecular weight excluding hydrogens is 541 g/mol. The van der Waals surface area contributed by atoms with E-state index in [1.807, 2.05) is 0 Å². The molecule has 1 heterocycles. The van der Waals surface area contributed by atoms with Crippen LogP contribution in [0.4, 0.5) is 0 Å². The van der Waals surface area contributed by atoms with Crippen LogP contribution in [-0.4, -0.2) is 13.3 Å². The van der Waals surface area contributed by atoms with Gasteiger partial charge in [-0.2, -0.15) is 0 Å². The SMILES string of the molecule is CC(C)C1CC2C(c3ccccc3)=CC=CC2C1[Si](C)(C)C1C(C)CC2C(c3ccccc3)=C(c3ccccc3)SC21. The molecule has 3 aromatic rings. The Labute approximate surface area is 259 Å². The molecule has 0 aromatic heterocycles. The maximum Gasteiger partial charge on any atom is 0.0559 e. The lowest BCUT2D eigenvalue weighted by atomic mass is 9.81. The summed E-state index contributed by atoms with van der Waals surface area (Å²) >= 11 is 2.26. The van der Waals surface area contributed by atoms with Gasteiger partial charge in [0.2, 0.25) is 0 Å². The number of hydrogen-bond donors (Lipinski definition) is 0. The standard InChI is InChI=1S/C40H46SSi/c1-26(2)33-25-34-31(28-16-9-6-10-17-28)22-15-23-32(34)40(33)42(4,5)39-27(3)24-35-36(29-18-11-7-12-19-29)37(41-38(35)39)30-20-13-8-14-21-30/h6-23,26-27,32-35,38-40H,24-25H2,1-5H3. The zero-order valence-electron chi connectivity index (χ0n) is 25.9. The van der Waals surface area contributed by atoms with Gasteiger partial charge in [0.1, 0.15) is 0 Å². The van der Waals surface area contributed by atoms with Crippen LogP contribution in [0, 0.1) is 35.5 Å². The van der Waals surface area contributed by atoms with Crippen LogP contribution in [0.25, 0.3) is 16.1 Å². The Morgan fingerprint density at radius 2 is 1.31 bits per heavy atom. The normalized spacial score (nSPS) is 32.3. The zero-order chi connectivity index (χ0) is 29.0. The molecule has 0 amide bonds. The number of benzene rings is 3. The Morgan fingerprint density at radius 3 is 1.93 bits per heavy atom. The maximum absolute atomic E-state index is 2.82. The highest BCUT2D eigenvalue weighted by molar-refractivity contribution is 8.09. The number of hydrogen-bond acceptors (Lipinski definition) is 1. The molecule has 0 N–H and O–H groups in total. The lowest BCUT2D eigenvalue weighted by Gasteiger charge is -2.46. The lowest BCUT2D eigenvalue weighted by molar-refractivity contribution is 0.374. The van der Waals surface area contributed by atoms with Gasteiger partial charge in [-0.15, -0.1) is 11.8 Å². The van der Waals surface area contributed by atoms with Crippen LogP contribution in [0.15, 0.2) is 109 Å². The van der Waals surface area contributed by atoms with Gasteiger partial charge in [0.25, 0.3) is 0 Å². The van der Waals surface area contributed by atoms with Crippen molar-refractivity contribution in [1.29, 1.82) is 0 Å². The minimum Gasteiger partial charge on any atom is -0.121 e. The smallest absolute Gasteiger partial charge is 0.0559 e. The van der Waals surface area contributed by atoms with Crippen molar-refractivity contribution in [2.45, 2.75) is 63.0 Å². The third kappa shape index (κ3) is 4.65. The molecule has 1 aliphatic heterocycles. The molecule has 2 heteroatoms. The van der Waals surface area contributed by atoms with Crippen molar-refractivity contribution in [2.75, 3.05) is 0 Å². The summed E-state index contributed by atoms with van der Waals surface area (Å²) in [6.45, 7) is 13.3. The topological polar surface area (TPSA) is 0 Å². The van der Waals surface area contributed by atoms with E-state index in [0.717, 1.165) is 28.8 Å². The summed E-state index contributed by atoms with van der Waals surface area (Å²) in [5.74, 6) is 4.27. The van der Waals surface area contributed by atoms with Gasteiger partial charge in [-0.1, -0.05) is 143 Å². The second-order valence-electron chi connectivity index (χ2n) is 14.5. The van der Waals surface area contributed by atoms with Gasteiger partial charge in [-0.05, 0) is 87.3 Å². The summed E-state index contributed by atoms with van der Waals surface area (Å²) in [7, 11) is -1.74. The highest BCUT2D eigenvalue weighted by atomic mass is 32.2. The monoisotopic (exact) mass is 586 g/mol. The van der Waals surface area contributed by atoms with E-state index in [1.165, 1.54) is 29.5 Å². The highest BCUT2D eigenvalue weighted by Gasteiger charge is 2.60. The third-order valence-electron chi connectivity index (χ3n) is 11.5. The van der Waals surface area contributed by atoms with E-state index >= 15 is 0 Å². The van der Waals surface area contributed by atoms with Crippen LogP contribution in [0.1, 0.15) is 50.3 Å². The number of fused-ring (bicyclic) bond motifs is 2. The summed E-state index contributed by atoms with van der Waals surface area (Å²) in [6.07, 6.45) is 10.2. The second-order valence-corrected chi connectivity index (χ2v) is 20.6. The highest BCUT2D eigenvalue weighted by Crippen LogP contribution is 2.69. The van der Waals surface area contributed by atoms with Crippen molar-refractivity contribution in [3.05, 3.63) is 126 Å². The van der Waals surface area contributed by atoms with E-state index in [1.54, 1.807) is 16.1 Å². The van der Waals surface area contributed by atoms with E-state index in [-0.39, 0.29) is 0 Å². The Morgan fingerprint density at radius 1 is 0.714 bits per heavy atom. The summed E-state index contributed by atoms with van der Waals surface area (Å²) in [5.41, 5.74) is 9.15. The largest absolute Gasteiger partial charge is 0.121 e. The number of allylic oxidation sites excluding steroid dienone is 5. The summed E-state index contributed by atoms with van der Waals surface area (Å²) < 4.78 is 0. The zero-order valence-corrected chi connectivity index (χ0v) is 27.7. The van der Waals surface area contributed by atoms with Gasteiger partial charge in [0.05, 0.1) is 8.07 Å². The first kappa shape index (κ1) is 28.2. The first-order chi connectivity index (χ1) is 20.4. The second kappa shape index (κ2) is 11.2. The van der Waals surface area contributed by atoms with Crippen LogP contribution in [0.3, 0.4) is 0 Å². The van der Waals surface area contributed by atoms with Gasteiger partial charge in [0, 0.05) is 10.2 Å². The molecule has 3 aliphatic carbocycles. The molecule has 0 nitrogen and oxygen atoms in total. The molecule has 0 bridgehead atoms. The predicted molar refractivity (Wildman–Crippen MR) is 187 cm³/mol. The number of rotatable bonds is 6. The Bertz CT molecular complexity index is 1500. The molecule has 2 fully saturated rings. The van der Waals surface area contributed by atoms with Crippen LogP contribution < -0.4 is 0 Å². The third-order valence-corrected chi connectivity index (χ3v) is 18.5. The van der Waals surface area contributed by atoms with E-state index < -0.39 is 8.07 Å². The van der Waals surface area contributed by atoms with E-state index in [2.05, 4.69) is 155 Å².